The third-order valence-electron chi connectivity index (χ3n) is 4.75. The number of rotatable bonds is 15. The van der Waals surface area contributed by atoms with Crippen LogP contribution in [0.5, 0.6) is 0 Å². The van der Waals surface area contributed by atoms with Crippen LogP contribution in [-0.2, 0) is 35.2 Å². The minimum absolute atomic E-state index is 0.0297. The number of carbonyl (C=O) groups is 6. The van der Waals surface area contributed by atoms with Crippen molar-refractivity contribution in [3.63, 3.8) is 0 Å². The molecule has 9 N–H and O–H groups in total. The average Bonchev–Trinajstić information content (AvgIpc) is 2.79. The summed E-state index contributed by atoms with van der Waals surface area (Å²) in [5.41, 5.74) is 11.2. The van der Waals surface area contributed by atoms with Crippen molar-refractivity contribution in [3.8, 4) is 0 Å². The van der Waals surface area contributed by atoms with Gasteiger partial charge in [0.1, 0.15) is 18.1 Å². The molecule has 0 saturated carbocycles. The lowest BCUT2D eigenvalue weighted by Gasteiger charge is -2.24. The first-order valence-electron chi connectivity index (χ1n) is 10.5. The van der Waals surface area contributed by atoms with Crippen molar-refractivity contribution < 1.29 is 39.0 Å². The molecule has 0 fully saturated rings. The van der Waals surface area contributed by atoms with Gasteiger partial charge in [0.05, 0.1) is 12.5 Å². The Balaban J connectivity index is 3.01. The Morgan fingerprint density at radius 2 is 1.40 bits per heavy atom. The number of carboxylic acids is 2. The molecule has 1 rings (SSSR count). The number of benzene rings is 1. The maximum atomic E-state index is 12.9. The van der Waals surface area contributed by atoms with E-state index in [4.69, 9.17) is 16.6 Å². The number of aliphatic carboxylic acids is 2. The Hall–Kier alpha value is -3.65. The van der Waals surface area contributed by atoms with Gasteiger partial charge in [0.2, 0.25) is 23.6 Å². The zero-order chi connectivity index (χ0) is 26.5. The molecule has 192 valence electrons. The van der Waals surface area contributed by atoms with E-state index >= 15 is 0 Å². The highest BCUT2D eigenvalue weighted by Gasteiger charge is 2.30. The standard InChI is InChI=1S/C21H29N5O8S/c22-12(9-16(23)27)18(30)26-15(10-35)20(32)25-14(8-11-4-2-1-3-5-11)19(31)24-13(21(33)34)6-7-17(28)29/h1-5,12-15,35H,6-10,22H2,(H2,23,27)(H,24,31)(H,25,32)(H,26,30)(H,28,29)(H,33,34). The maximum absolute atomic E-state index is 12.9. The first-order chi connectivity index (χ1) is 16.4. The van der Waals surface area contributed by atoms with E-state index in [0.717, 1.165) is 0 Å². The van der Waals surface area contributed by atoms with E-state index < -0.39 is 72.6 Å². The van der Waals surface area contributed by atoms with E-state index in [9.17, 15) is 33.9 Å². The highest BCUT2D eigenvalue weighted by molar-refractivity contribution is 7.80. The van der Waals surface area contributed by atoms with Crippen molar-refractivity contribution in [1.29, 1.82) is 0 Å². The molecule has 0 radical (unpaired) electrons. The summed E-state index contributed by atoms with van der Waals surface area (Å²) in [5, 5.41) is 25.2. The van der Waals surface area contributed by atoms with E-state index in [1.54, 1.807) is 30.3 Å². The maximum Gasteiger partial charge on any atom is 0.326 e. The van der Waals surface area contributed by atoms with Crippen molar-refractivity contribution in [2.45, 2.75) is 49.9 Å². The predicted octanol–water partition coefficient (Wildman–Crippen LogP) is -2.23. The first-order valence-corrected chi connectivity index (χ1v) is 11.1. The molecule has 0 spiro atoms. The fourth-order valence-electron chi connectivity index (χ4n) is 2.91. The Bertz CT molecular complexity index is 930. The fraction of sp³-hybridized carbons (Fsp3) is 0.429. The molecule has 0 aliphatic carbocycles. The van der Waals surface area contributed by atoms with Crippen LogP contribution < -0.4 is 27.4 Å². The summed E-state index contributed by atoms with van der Waals surface area (Å²) < 4.78 is 0. The van der Waals surface area contributed by atoms with Gasteiger partial charge in [-0.3, -0.25) is 24.0 Å². The van der Waals surface area contributed by atoms with Crippen molar-refractivity contribution in [2.24, 2.45) is 11.5 Å². The van der Waals surface area contributed by atoms with E-state index in [1.807, 2.05) is 0 Å². The number of amides is 4. The van der Waals surface area contributed by atoms with Gasteiger partial charge in [-0.2, -0.15) is 12.6 Å². The minimum Gasteiger partial charge on any atom is -0.481 e. The Kier molecular flexibility index (Phi) is 12.2. The van der Waals surface area contributed by atoms with Gasteiger partial charge in [-0.25, -0.2) is 4.79 Å². The molecule has 0 saturated heterocycles. The van der Waals surface area contributed by atoms with Crippen LogP contribution in [0, 0.1) is 0 Å². The van der Waals surface area contributed by atoms with Gasteiger partial charge >= 0.3 is 11.9 Å². The van der Waals surface area contributed by atoms with E-state index in [-0.39, 0.29) is 18.6 Å². The van der Waals surface area contributed by atoms with E-state index in [0.29, 0.717) is 5.56 Å². The van der Waals surface area contributed by atoms with Crippen LogP contribution >= 0.6 is 12.6 Å². The second kappa shape index (κ2) is 14.6. The number of nitrogens with one attached hydrogen (secondary N) is 3. The van der Waals surface area contributed by atoms with Crippen LogP contribution in [0.25, 0.3) is 0 Å². The summed E-state index contributed by atoms with van der Waals surface area (Å²) in [6.07, 6.45) is -1.33. The molecule has 1 aromatic rings. The highest BCUT2D eigenvalue weighted by Crippen LogP contribution is 2.06. The molecule has 0 bridgehead atoms. The molecule has 0 aliphatic heterocycles. The van der Waals surface area contributed by atoms with Crippen molar-refractivity contribution >= 4 is 48.2 Å². The quantitative estimate of drug-likeness (QED) is 0.119. The second-order valence-corrected chi connectivity index (χ2v) is 7.97. The van der Waals surface area contributed by atoms with Gasteiger partial charge in [0.25, 0.3) is 0 Å². The third-order valence-corrected chi connectivity index (χ3v) is 5.12. The largest absolute Gasteiger partial charge is 0.481 e. The number of thiol groups is 1. The van der Waals surface area contributed by atoms with Crippen LogP contribution in [0.15, 0.2) is 30.3 Å². The highest BCUT2D eigenvalue weighted by atomic mass is 32.1. The minimum atomic E-state index is -1.50. The molecular weight excluding hydrogens is 482 g/mol. The van der Waals surface area contributed by atoms with Gasteiger partial charge in [-0.1, -0.05) is 30.3 Å². The normalized spacial score (nSPS) is 14.0. The lowest BCUT2D eigenvalue weighted by molar-refractivity contribution is -0.143. The fourth-order valence-corrected chi connectivity index (χ4v) is 3.17. The number of hydrogen-bond acceptors (Lipinski definition) is 8. The van der Waals surface area contributed by atoms with Crippen molar-refractivity contribution in [2.75, 3.05) is 5.75 Å². The van der Waals surface area contributed by atoms with Crippen LogP contribution in [0.1, 0.15) is 24.8 Å². The number of hydrogen-bond donors (Lipinski definition) is 8. The molecular formula is C21H29N5O8S. The van der Waals surface area contributed by atoms with Crippen molar-refractivity contribution in [1.82, 2.24) is 16.0 Å². The molecule has 0 aliphatic rings. The first kappa shape index (κ1) is 29.4. The van der Waals surface area contributed by atoms with Gasteiger partial charge < -0.3 is 37.6 Å². The summed E-state index contributed by atoms with van der Waals surface area (Å²) >= 11 is 4.03. The van der Waals surface area contributed by atoms with Gasteiger partial charge in [-0.05, 0) is 12.0 Å². The lowest BCUT2D eigenvalue weighted by atomic mass is 10.0. The number of carboxylic acid groups (broad SMARTS) is 2. The molecule has 1 aromatic carbocycles. The van der Waals surface area contributed by atoms with Crippen LogP contribution in [0.4, 0.5) is 0 Å². The third kappa shape index (κ3) is 10.9. The summed E-state index contributed by atoms with van der Waals surface area (Å²) in [4.78, 5) is 71.1. The lowest BCUT2D eigenvalue weighted by Crippen LogP contribution is -2.58. The number of carbonyl (C=O) groups excluding carboxylic acids is 4. The predicted molar refractivity (Wildman–Crippen MR) is 126 cm³/mol. The SMILES string of the molecule is NC(=O)CC(N)C(=O)NC(CS)C(=O)NC(Cc1ccccc1)C(=O)NC(CCC(=O)O)C(=O)O. The summed E-state index contributed by atoms with van der Waals surface area (Å²) in [6, 6.07) is 3.22. The molecule has 0 heterocycles. The van der Waals surface area contributed by atoms with E-state index in [2.05, 4.69) is 28.6 Å². The Labute approximate surface area is 206 Å². The monoisotopic (exact) mass is 511 g/mol. The topological polar surface area (TPSA) is 231 Å². The van der Waals surface area contributed by atoms with Crippen LogP contribution in [0.2, 0.25) is 0 Å². The molecule has 35 heavy (non-hydrogen) atoms. The number of primary amides is 1. The van der Waals surface area contributed by atoms with Crippen LogP contribution in [-0.4, -0.2) is 75.7 Å². The Morgan fingerprint density at radius 3 is 1.91 bits per heavy atom. The number of nitrogens with two attached hydrogens (primary N) is 2. The van der Waals surface area contributed by atoms with Crippen molar-refractivity contribution in [3.05, 3.63) is 35.9 Å². The summed E-state index contributed by atoms with van der Waals surface area (Å²) in [6.45, 7) is 0. The molecule has 4 amide bonds. The van der Waals surface area contributed by atoms with Crippen LogP contribution in [0.3, 0.4) is 0 Å². The molecule has 14 heteroatoms. The van der Waals surface area contributed by atoms with Gasteiger partial charge in [0.15, 0.2) is 0 Å². The zero-order valence-electron chi connectivity index (χ0n) is 18.7. The van der Waals surface area contributed by atoms with E-state index in [1.165, 1.54) is 0 Å². The average molecular weight is 512 g/mol. The molecule has 4 unspecified atom stereocenters. The zero-order valence-corrected chi connectivity index (χ0v) is 19.6. The smallest absolute Gasteiger partial charge is 0.326 e. The molecule has 13 nitrogen and oxygen atoms in total. The van der Waals surface area contributed by atoms with Gasteiger partial charge in [0, 0.05) is 18.6 Å². The second-order valence-electron chi connectivity index (χ2n) is 7.60. The summed E-state index contributed by atoms with van der Waals surface area (Å²) in [7, 11) is 0. The summed E-state index contributed by atoms with van der Waals surface area (Å²) in [5.74, 6) is -6.17. The molecule has 4 atom stereocenters. The Morgan fingerprint density at radius 1 is 0.857 bits per heavy atom. The molecule has 0 aromatic heterocycles. The van der Waals surface area contributed by atoms with Gasteiger partial charge in [-0.15, -0.1) is 0 Å².